The molecule has 25 heavy (non-hydrogen) atoms. The molecule has 0 aliphatic heterocycles. The first-order chi connectivity index (χ1) is 11.9. The number of carbonyl (C=O) groups excluding carboxylic acids is 1. The van der Waals surface area contributed by atoms with E-state index in [1.165, 1.54) is 24.4 Å². The second-order valence-corrected chi connectivity index (χ2v) is 5.91. The fourth-order valence-electron chi connectivity index (χ4n) is 2.19. The quantitative estimate of drug-likeness (QED) is 0.719. The van der Waals surface area contributed by atoms with E-state index in [0.717, 1.165) is 12.8 Å². The molecule has 1 aliphatic carbocycles. The van der Waals surface area contributed by atoms with Crippen LogP contribution in [0.3, 0.4) is 0 Å². The number of aromatic nitrogens is 1. The molecule has 0 unspecified atom stereocenters. The summed E-state index contributed by atoms with van der Waals surface area (Å²) in [6.07, 6.45) is 2.47. The molecule has 0 radical (unpaired) electrons. The standard InChI is InChI=1S/C17H18F2N4O2/c1-9-6-11(18)14(21-7-9)8-22-12-4-5-13(16(20)15(12)19)23-17(24)25-10-2-3-10/h4-7,10,22H,2-3,8,20H2,1H3,(H,23,24). The molecular formula is C17H18F2N4O2. The molecule has 3 rings (SSSR count). The Hall–Kier alpha value is -2.90. The zero-order chi connectivity index (χ0) is 18.0. The lowest BCUT2D eigenvalue weighted by Gasteiger charge is -2.13. The van der Waals surface area contributed by atoms with Crippen LogP contribution >= 0.6 is 0 Å². The number of nitrogens with one attached hydrogen (secondary N) is 2. The molecule has 0 saturated heterocycles. The van der Waals surface area contributed by atoms with Gasteiger partial charge in [-0.05, 0) is 43.5 Å². The van der Waals surface area contributed by atoms with Crippen molar-refractivity contribution in [3.63, 3.8) is 0 Å². The molecule has 1 aromatic heterocycles. The van der Waals surface area contributed by atoms with Crippen LogP contribution < -0.4 is 16.4 Å². The number of carbonyl (C=O) groups is 1. The van der Waals surface area contributed by atoms with Crippen molar-refractivity contribution in [3.05, 3.63) is 47.3 Å². The van der Waals surface area contributed by atoms with Gasteiger partial charge in [-0.15, -0.1) is 0 Å². The largest absolute Gasteiger partial charge is 0.446 e. The number of benzene rings is 1. The second-order valence-electron chi connectivity index (χ2n) is 5.91. The molecule has 1 saturated carbocycles. The summed E-state index contributed by atoms with van der Waals surface area (Å²) in [6.45, 7) is 1.73. The Morgan fingerprint density at radius 1 is 1.36 bits per heavy atom. The number of ether oxygens (including phenoxy) is 1. The highest BCUT2D eigenvalue weighted by Gasteiger charge is 2.26. The molecule has 0 spiro atoms. The first-order valence-electron chi connectivity index (χ1n) is 7.84. The monoisotopic (exact) mass is 348 g/mol. The van der Waals surface area contributed by atoms with Gasteiger partial charge in [0.15, 0.2) is 5.82 Å². The van der Waals surface area contributed by atoms with Crippen molar-refractivity contribution in [1.82, 2.24) is 4.98 Å². The Labute approximate surface area is 143 Å². The first kappa shape index (κ1) is 16.9. The number of amides is 1. The smallest absolute Gasteiger partial charge is 0.411 e. The van der Waals surface area contributed by atoms with E-state index in [0.29, 0.717) is 5.56 Å². The van der Waals surface area contributed by atoms with E-state index in [2.05, 4.69) is 15.6 Å². The average Bonchev–Trinajstić information content (AvgIpc) is 3.36. The first-order valence-corrected chi connectivity index (χ1v) is 7.84. The van der Waals surface area contributed by atoms with Gasteiger partial charge in [-0.2, -0.15) is 0 Å². The lowest BCUT2D eigenvalue weighted by molar-refractivity contribution is 0.154. The highest BCUT2D eigenvalue weighted by atomic mass is 19.1. The highest BCUT2D eigenvalue weighted by Crippen LogP contribution is 2.29. The summed E-state index contributed by atoms with van der Waals surface area (Å²) < 4.78 is 33.2. The van der Waals surface area contributed by atoms with Crippen LogP contribution in [-0.4, -0.2) is 17.2 Å². The summed E-state index contributed by atoms with van der Waals surface area (Å²) >= 11 is 0. The van der Waals surface area contributed by atoms with Gasteiger partial charge in [0.2, 0.25) is 0 Å². The van der Waals surface area contributed by atoms with Crippen LogP contribution in [0, 0.1) is 18.6 Å². The number of nitrogens with zero attached hydrogens (tertiary/aromatic N) is 1. The van der Waals surface area contributed by atoms with Crippen LogP contribution in [-0.2, 0) is 11.3 Å². The Bertz CT molecular complexity index is 809. The molecule has 1 amide bonds. The summed E-state index contributed by atoms with van der Waals surface area (Å²) in [5, 5.41) is 5.16. The van der Waals surface area contributed by atoms with Crippen molar-refractivity contribution >= 4 is 23.2 Å². The minimum absolute atomic E-state index is 0.00102. The van der Waals surface area contributed by atoms with Crippen molar-refractivity contribution in [2.75, 3.05) is 16.4 Å². The zero-order valence-corrected chi connectivity index (χ0v) is 13.6. The van der Waals surface area contributed by atoms with Crippen LogP contribution in [0.2, 0.25) is 0 Å². The predicted octanol–water partition coefficient (Wildman–Crippen LogP) is 3.57. The molecule has 8 heteroatoms. The van der Waals surface area contributed by atoms with E-state index in [1.807, 2.05) is 0 Å². The van der Waals surface area contributed by atoms with Crippen LogP contribution in [0.5, 0.6) is 0 Å². The third-order valence-electron chi connectivity index (χ3n) is 3.71. The summed E-state index contributed by atoms with van der Waals surface area (Å²) in [5.41, 5.74) is 6.56. The summed E-state index contributed by atoms with van der Waals surface area (Å²) in [5.74, 6) is -1.21. The molecule has 1 fully saturated rings. The molecular weight excluding hydrogens is 330 g/mol. The number of rotatable bonds is 5. The Kier molecular flexibility index (Phi) is 4.69. The van der Waals surface area contributed by atoms with Crippen molar-refractivity contribution in [2.24, 2.45) is 0 Å². The molecule has 0 atom stereocenters. The third-order valence-corrected chi connectivity index (χ3v) is 3.71. The molecule has 0 bridgehead atoms. The fraction of sp³-hybridized carbons (Fsp3) is 0.294. The van der Waals surface area contributed by atoms with Gasteiger partial charge in [0.1, 0.15) is 11.9 Å². The van der Waals surface area contributed by atoms with Crippen molar-refractivity contribution in [2.45, 2.75) is 32.4 Å². The third kappa shape index (κ3) is 4.14. The Balaban J connectivity index is 1.67. The van der Waals surface area contributed by atoms with Gasteiger partial charge in [-0.3, -0.25) is 10.3 Å². The van der Waals surface area contributed by atoms with Crippen LogP contribution in [0.25, 0.3) is 0 Å². The van der Waals surface area contributed by atoms with Crippen LogP contribution in [0.15, 0.2) is 24.4 Å². The molecule has 6 nitrogen and oxygen atoms in total. The van der Waals surface area contributed by atoms with Crippen molar-refractivity contribution in [1.29, 1.82) is 0 Å². The van der Waals surface area contributed by atoms with Gasteiger partial charge in [0.25, 0.3) is 0 Å². The second kappa shape index (κ2) is 6.92. The normalized spacial score (nSPS) is 13.4. The van der Waals surface area contributed by atoms with Gasteiger partial charge in [-0.25, -0.2) is 13.6 Å². The van der Waals surface area contributed by atoms with Crippen molar-refractivity contribution in [3.8, 4) is 0 Å². The summed E-state index contributed by atoms with van der Waals surface area (Å²) in [4.78, 5) is 15.6. The van der Waals surface area contributed by atoms with E-state index in [9.17, 15) is 13.6 Å². The van der Waals surface area contributed by atoms with E-state index in [4.69, 9.17) is 10.5 Å². The molecule has 132 valence electrons. The van der Waals surface area contributed by atoms with Gasteiger partial charge in [0, 0.05) is 6.20 Å². The number of aryl methyl sites for hydroxylation is 1. The number of halogens is 2. The number of hydrogen-bond donors (Lipinski definition) is 3. The van der Waals surface area contributed by atoms with E-state index < -0.39 is 17.7 Å². The lowest BCUT2D eigenvalue weighted by atomic mass is 10.2. The summed E-state index contributed by atoms with van der Waals surface area (Å²) in [6, 6.07) is 4.21. The average molecular weight is 348 g/mol. The maximum absolute atomic E-state index is 14.4. The van der Waals surface area contributed by atoms with Gasteiger partial charge in [0.05, 0.1) is 29.3 Å². The fourth-order valence-corrected chi connectivity index (χ4v) is 2.19. The highest BCUT2D eigenvalue weighted by molar-refractivity contribution is 5.90. The van der Waals surface area contributed by atoms with Crippen LogP contribution in [0.4, 0.5) is 30.6 Å². The van der Waals surface area contributed by atoms with Gasteiger partial charge < -0.3 is 15.8 Å². The molecule has 4 N–H and O–H groups in total. The predicted molar refractivity (Wildman–Crippen MR) is 90.2 cm³/mol. The SMILES string of the molecule is Cc1cnc(CNc2ccc(NC(=O)OC3CC3)c(N)c2F)c(F)c1. The lowest BCUT2D eigenvalue weighted by Crippen LogP contribution is -2.16. The van der Waals surface area contributed by atoms with Gasteiger partial charge in [-0.1, -0.05) is 0 Å². The Morgan fingerprint density at radius 2 is 2.08 bits per heavy atom. The topological polar surface area (TPSA) is 89.3 Å². The molecule has 1 aromatic carbocycles. The number of nitrogens with two attached hydrogens (primary N) is 1. The maximum atomic E-state index is 14.4. The van der Waals surface area contributed by atoms with E-state index >= 15 is 0 Å². The van der Waals surface area contributed by atoms with E-state index in [1.54, 1.807) is 6.92 Å². The number of pyridine rings is 1. The van der Waals surface area contributed by atoms with Crippen LogP contribution in [0.1, 0.15) is 24.1 Å². The minimum Gasteiger partial charge on any atom is -0.446 e. The minimum atomic E-state index is -0.739. The van der Waals surface area contributed by atoms with E-state index in [-0.39, 0.29) is 35.4 Å². The number of nitrogen functional groups attached to an aromatic ring is 1. The molecule has 1 aliphatic rings. The van der Waals surface area contributed by atoms with Gasteiger partial charge >= 0.3 is 6.09 Å². The number of hydrogen-bond acceptors (Lipinski definition) is 5. The molecule has 2 aromatic rings. The maximum Gasteiger partial charge on any atom is 0.411 e. The van der Waals surface area contributed by atoms with Crippen molar-refractivity contribution < 1.29 is 18.3 Å². The zero-order valence-electron chi connectivity index (χ0n) is 13.6. The molecule has 1 heterocycles. The number of anilines is 3. The Morgan fingerprint density at radius 3 is 2.76 bits per heavy atom. The summed E-state index contributed by atoms with van der Waals surface area (Å²) in [7, 11) is 0.